The molecule has 0 aliphatic rings. The summed E-state index contributed by atoms with van der Waals surface area (Å²) in [5.74, 6) is 0. The molecule has 0 radical (unpaired) electrons. The Bertz CT molecular complexity index is 618. The second kappa shape index (κ2) is 6.04. The monoisotopic (exact) mass is 323 g/mol. The van der Waals surface area contributed by atoms with Crippen molar-refractivity contribution < 1.29 is 17.9 Å². The van der Waals surface area contributed by atoms with Crippen LogP contribution in [0, 0.1) is 0 Å². The zero-order valence-corrected chi connectivity index (χ0v) is 12.0. The SMILES string of the molecule is COC(=O)NS(=O)(=O)Nc1cc(Cl)ccc1C(N)=S. The van der Waals surface area contributed by atoms with E-state index in [0.717, 1.165) is 7.11 Å². The molecule has 104 valence electrons. The Balaban J connectivity index is 3.08. The predicted molar refractivity (Wildman–Crippen MR) is 75.4 cm³/mol. The molecule has 1 rings (SSSR count). The molecule has 10 heteroatoms. The minimum absolute atomic E-state index is 0.0209. The summed E-state index contributed by atoms with van der Waals surface area (Å²) in [5.41, 5.74) is 5.78. The van der Waals surface area contributed by atoms with E-state index >= 15 is 0 Å². The number of nitrogens with two attached hydrogens (primary N) is 1. The van der Waals surface area contributed by atoms with Gasteiger partial charge in [0.1, 0.15) is 4.99 Å². The van der Waals surface area contributed by atoms with Crippen molar-refractivity contribution in [1.29, 1.82) is 0 Å². The lowest BCUT2D eigenvalue weighted by Crippen LogP contribution is -2.35. The summed E-state index contributed by atoms with van der Waals surface area (Å²) in [6, 6.07) is 4.27. The summed E-state index contributed by atoms with van der Waals surface area (Å²) in [6.07, 6.45) is -1.13. The van der Waals surface area contributed by atoms with E-state index in [1.165, 1.54) is 18.2 Å². The maximum absolute atomic E-state index is 11.6. The number of methoxy groups -OCH3 is 1. The Hall–Kier alpha value is -1.58. The number of nitrogens with one attached hydrogen (secondary N) is 2. The van der Waals surface area contributed by atoms with Crippen molar-refractivity contribution in [2.24, 2.45) is 5.73 Å². The molecule has 0 bridgehead atoms. The second-order valence-corrected chi connectivity index (χ2v) is 5.54. The van der Waals surface area contributed by atoms with Crippen LogP contribution in [0.4, 0.5) is 10.5 Å². The first-order valence-corrected chi connectivity index (χ1v) is 7.00. The molecule has 19 heavy (non-hydrogen) atoms. The van der Waals surface area contributed by atoms with Crippen LogP contribution in [0.5, 0.6) is 0 Å². The lowest BCUT2D eigenvalue weighted by Gasteiger charge is -2.12. The average molecular weight is 324 g/mol. The first kappa shape index (κ1) is 15.5. The fourth-order valence-electron chi connectivity index (χ4n) is 1.14. The van der Waals surface area contributed by atoms with Crippen molar-refractivity contribution in [3.05, 3.63) is 28.8 Å². The molecule has 1 aromatic rings. The highest BCUT2D eigenvalue weighted by Gasteiger charge is 2.17. The van der Waals surface area contributed by atoms with Crippen molar-refractivity contribution in [3.8, 4) is 0 Å². The number of hydrogen-bond donors (Lipinski definition) is 3. The third-order valence-electron chi connectivity index (χ3n) is 1.89. The summed E-state index contributed by atoms with van der Waals surface area (Å²) in [4.78, 5) is 10.9. The number of amides is 1. The Labute approximate surface area is 120 Å². The van der Waals surface area contributed by atoms with Gasteiger partial charge in [0.05, 0.1) is 12.8 Å². The van der Waals surface area contributed by atoms with Gasteiger partial charge in [0, 0.05) is 10.6 Å². The van der Waals surface area contributed by atoms with E-state index in [2.05, 4.69) is 9.46 Å². The molecular weight excluding hydrogens is 314 g/mol. The number of carbonyl (C=O) groups is 1. The topological polar surface area (TPSA) is 111 Å². The van der Waals surface area contributed by atoms with Crippen LogP contribution in [0.15, 0.2) is 18.2 Å². The fourth-order valence-corrected chi connectivity index (χ4v) is 2.30. The molecule has 0 saturated carbocycles. The molecule has 4 N–H and O–H groups in total. The first-order chi connectivity index (χ1) is 8.75. The van der Waals surface area contributed by atoms with Crippen LogP contribution in [0.3, 0.4) is 0 Å². The smallest absolute Gasteiger partial charge is 0.422 e. The number of benzene rings is 1. The molecule has 0 saturated heterocycles. The number of hydrogen-bond acceptors (Lipinski definition) is 5. The van der Waals surface area contributed by atoms with E-state index in [-0.39, 0.29) is 21.3 Å². The van der Waals surface area contributed by atoms with Gasteiger partial charge in [-0.1, -0.05) is 23.8 Å². The highest BCUT2D eigenvalue weighted by atomic mass is 35.5. The van der Waals surface area contributed by atoms with Crippen LogP contribution in [0.25, 0.3) is 0 Å². The van der Waals surface area contributed by atoms with Gasteiger partial charge in [-0.25, -0.2) is 9.52 Å². The number of carbonyl (C=O) groups excluding carboxylic acids is 1. The molecule has 0 atom stereocenters. The molecule has 0 spiro atoms. The minimum Gasteiger partial charge on any atom is -0.452 e. The standard InChI is InChI=1S/C9H10ClN3O4S2/c1-17-9(14)13-19(15,16)12-7-4-5(10)2-3-6(7)8(11)18/h2-4,12H,1H3,(H2,11,18)(H,13,14). The normalized spacial score (nSPS) is 10.6. The maximum atomic E-state index is 11.6. The van der Waals surface area contributed by atoms with E-state index in [0.29, 0.717) is 0 Å². The second-order valence-electron chi connectivity index (χ2n) is 3.25. The molecule has 0 aliphatic heterocycles. The summed E-state index contributed by atoms with van der Waals surface area (Å²) in [7, 11) is -3.13. The zero-order valence-electron chi connectivity index (χ0n) is 9.64. The lowest BCUT2D eigenvalue weighted by molar-refractivity contribution is 0.177. The molecule has 0 aliphatic carbocycles. The highest BCUT2D eigenvalue weighted by molar-refractivity contribution is 7.91. The van der Waals surface area contributed by atoms with Crippen LogP contribution in [0.1, 0.15) is 5.56 Å². The number of rotatable bonds is 4. The van der Waals surface area contributed by atoms with Crippen molar-refractivity contribution in [2.75, 3.05) is 11.8 Å². The van der Waals surface area contributed by atoms with E-state index in [4.69, 9.17) is 29.6 Å². The third-order valence-corrected chi connectivity index (χ3v) is 3.27. The lowest BCUT2D eigenvalue weighted by atomic mass is 10.2. The van der Waals surface area contributed by atoms with Crippen molar-refractivity contribution >= 4 is 50.8 Å². The first-order valence-electron chi connectivity index (χ1n) is 4.73. The van der Waals surface area contributed by atoms with Gasteiger partial charge < -0.3 is 10.5 Å². The molecular formula is C9H10ClN3O4S2. The van der Waals surface area contributed by atoms with Gasteiger partial charge in [-0.15, -0.1) is 0 Å². The van der Waals surface area contributed by atoms with Crippen molar-refractivity contribution in [2.45, 2.75) is 0 Å². The summed E-state index contributed by atoms with van der Waals surface area (Å²) >= 11 is 10.5. The van der Waals surface area contributed by atoms with Crippen LogP contribution < -0.4 is 15.2 Å². The van der Waals surface area contributed by atoms with Crippen LogP contribution >= 0.6 is 23.8 Å². The third kappa shape index (κ3) is 4.54. The van der Waals surface area contributed by atoms with Gasteiger partial charge in [-0.05, 0) is 18.2 Å². The highest BCUT2D eigenvalue weighted by Crippen LogP contribution is 2.21. The van der Waals surface area contributed by atoms with E-state index in [1.807, 2.05) is 0 Å². The molecule has 1 aromatic carbocycles. The summed E-state index contributed by atoms with van der Waals surface area (Å²) < 4.78 is 31.1. The fraction of sp³-hybridized carbons (Fsp3) is 0.111. The Kier molecular flexibility index (Phi) is 4.92. The van der Waals surface area contributed by atoms with Gasteiger partial charge in [-0.3, -0.25) is 4.72 Å². The average Bonchev–Trinajstić information content (AvgIpc) is 2.27. The summed E-state index contributed by atoms with van der Waals surface area (Å²) in [5, 5.41) is 0.274. The van der Waals surface area contributed by atoms with E-state index < -0.39 is 16.3 Å². The van der Waals surface area contributed by atoms with Crippen LogP contribution in [-0.4, -0.2) is 26.6 Å². The van der Waals surface area contributed by atoms with Gasteiger partial charge in [0.2, 0.25) is 0 Å². The quantitative estimate of drug-likeness (QED) is 0.713. The molecule has 0 heterocycles. The zero-order chi connectivity index (χ0) is 14.6. The van der Waals surface area contributed by atoms with Gasteiger partial charge >= 0.3 is 16.3 Å². The van der Waals surface area contributed by atoms with Crippen LogP contribution in [0.2, 0.25) is 5.02 Å². The van der Waals surface area contributed by atoms with Gasteiger partial charge in [-0.2, -0.15) is 8.42 Å². The Morgan fingerprint density at radius 2 is 2.11 bits per heavy atom. The van der Waals surface area contributed by atoms with Gasteiger partial charge in [0.15, 0.2) is 0 Å². The molecule has 0 unspecified atom stereocenters. The molecule has 1 amide bonds. The number of halogens is 1. The van der Waals surface area contributed by atoms with Crippen molar-refractivity contribution in [1.82, 2.24) is 4.72 Å². The maximum Gasteiger partial charge on any atom is 0.422 e. The Morgan fingerprint density at radius 3 is 2.63 bits per heavy atom. The molecule has 0 fully saturated rings. The molecule has 0 aromatic heterocycles. The molecule has 7 nitrogen and oxygen atoms in total. The van der Waals surface area contributed by atoms with Crippen molar-refractivity contribution in [3.63, 3.8) is 0 Å². The number of ether oxygens (including phenoxy) is 1. The predicted octanol–water partition coefficient (Wildman–Crippen LogP) is 0.987. The van der Waals surface area contributed by atoms with Gasteiger partial charge in [0.25, 0.3) is 0 Å². The number of thiocarbonyl (C=S) groups is 1. The van der Waals surface area contributed by atoms with E-state index in [9.17, 15) is 13.2 Å². The van der Waals surface area contributed by atoms with Crippen LogP contribution in [-0.2, 0) is 14.9 Å². The number of anilines is 1. The minimum atomic E-state index is -4.17. The largest absolute Gasteiger partial charge is 0.452 e. The summed E-state index contributed by atoms with van der Waals surface area (Å²) in [6.45, 7) is 0. The van der Waals surface area contributed by atoms with E-state index in [1.54, 1.807) is 4.72 Å². The Morgan fingerprint density at radius 1 is 1.47 bits per heavy atom.